The van der Waals surface area contributed by atoms with E-state index in [9.17, 15) is 4.79 Å². The van der Waals surface area contributed by atoms with Crippen molar-refractivity contribution < 1.29 is 9.21 Å². The van der Waals surface area contributed by atoms with Gasteiger partial charge in [-0.1, -0.05) is 23.2 Å². The average molecular weight is 281 g/mol. The van der Waals surface area contributed by atoms with Crippen molar-refractivity contribution in [3.63, 3.8) is 0 Å². The molecule has 1 saturated carbocycles. The fourth-order valence-electron chi connectivity index (χ4n) is 2.16. The Morgan fingerprint density at radius 3 is 2.72 bits per heavy atom. The summed E-state index contributed by atoms with van der Waals surface area (Å²) in [7, 11) is 0. The second kappa shape index (κ2) is 4.45. The van der Waals surface area contributed by atoms with Crippen molar-refractivity contribution in [1.29, 1.82) is 0 Å². The minimum Gasteiger partial charge on any atom is -0.469 e. The Balaban J connectivity index is 1.78. The molecule has 0 N–H and O–H groups in total. The molecule has 92 valence electrons. The predicted octanol–water partition coefficient (Wildman–Crippen LogP) is 4.57. The van der Waals surface area contributed by atoms with E-state index >= 15 is 0 Å². The lowest BCUT2D eigenvalue weighted by Crippen LogP contribution is -2.02. The number of hydrogen-bond acceptors (Lipinski definition) is 2. The molecule has 1 fully saturated rings. The van der Waals surface area contributed by atoms with Gasteiger partial charge in [-0.2, -0.15) is 0 Å². The number of benzene rings is 1. The molecule has 0 radical (unpaired) electrons. The number of ketones is 1. The summed E-state index contributed by atoms with van der Waals surface area (Å²) < 4.78 is 5.32. The van der Waals surface area contributed by atoms with Gasteiger partial charge in [0.25, 0.3) is 0 Å². The minimum absolute atomic E-state index is 0.00777. The van der Waals surface area contributed by atoms with Crippen molar-refractivity contribution in [3.05, 3.63) is 58.0 Å². The van der Waals surface area contributed by atoms with Crippen molar-refractivity contribution in [2.24, 2.45) is 5.92 Å². The zero-order valence-corrected chi connectivity index (χ0v) is 10.9. The summed E-state index contributed by atoms with van der Waals surface area (Å²) in [6, 6.07) is 8.75. The molecule has 1 heterocycles. The zero-order valence-electron chi connectivity index (χ0n) is 9.40. The molecule has 0 saturated heterocycles. The summed E-state index contributed by atoms with van der Waals surface area (Å²) in [4.78, 5) is 12.2. The second-order valence-electron chi connectivity index (χ2n) is 4.46. The number of halogens is 2. The van der Waals surface area contributed by atoms with E-state index in [1.807, 2.05) is 12.1 Å². The Morgan fingerprint density at radius 1 is 1.22 bits per heavy atom. The van der Waals surface area contributed by atoms with Gasteiger partial charge in [-0.15, -0.1) is 0 Å². The van der Waals surface area contributed by atoms with Gasteiger partial charge in [0, 0.05) is 17.4 Å². The summed E-state index contributed by atoms with van der Waals surface area (Å²) >= 11 is 11.7. The monoisotopic (exact) mass is 280 g/mol. The first kappa shape index (κ1) is 11.8. The van der Waals surface area contributed by atoms with Crippen molar-refractivity contribution in [1.82, 2.24) is 0 Å². The van der Waals surface area contributed by atoms with Gasteiger partial charge in [-0.3, -0.25) is 4.79 Å². The van der Waals surface area contributed by atoms with Crippen LogP contribution in [0.3, 0.4) is 0 Å². The Kier molecular flexibility index (Phi) is 2.92. The largest absolute Gasteiger partial charge is 0.469 e. The van der Waals surface area contributed by atoms with Crippen LogP contribution in [-0.2, 0) is 0 Å². The molecular formula is C14H10Cl2O2. The lowest BCUT2D eigenvalue weighted by molar-refractivity contribution is 0.0964. The lowest BCUT2D eigenvalue weighted by atomic mass is 10.1. The van der Waals surface area contributed by atoms with E-state index in [-0.39, 0.29) is 17.6 Å². The SMILES string of the molecule is O=C(c1ccc(Cl)c(Cl)c1)C1CC1c1ccco1. The second-order valence-corrected chi connectivity index (χ2v) is 5.27. The van der Waals surface area contributed by atoms with Crippen molar-refractivity contribution in [3.8, 4) is 0 Å². The third-order valence-electron chi connectivity index (χ3n) is 3.24. The Morgan fingerprint density at radius 2 is 2.06 bits per heavy atom. The van der Waals surface area contributed by atoms with Gasteiger partial charge in [0.1, 0.15) is 5.76 Å². The summed E-state index contributed by atoms with van der Waals surface area (Å²) in [6.07, 6.45) is 2.47. The summed E-state index contributed by atoms with van der Waals surface area (Å²) in [5.74, 6) is 1.21. The van der Waals surface area contributed by atoms with E-state index in [0.717, 1.165) is 12.2 Å². The van der Waals surface area contributed by atoms with Crippen LogP contribution < -0.4 is 0 Å². The Hall–Kier alpha value is -1.25. The Bertz CT molecular complexity index is 590. The molecule has 3 rings (SSSR count). The van der Waals surface area contributed by atoms with Gasteiger partial charge in [0.05, 0.1) is 16.3 Å². The number of carbonyl (C=O) groups is 1. The maximum Gasteiger partial charge on any atom is 0.166 e. The molecule has 1 aromatic heterocycles. The number of Topliss-reactive ketones (excluding diaryl/α,β-unsaturated/α-hetero) is 1. The summed E-state index contributed by atoms with van der Waals surface area (Å²) in [5, 5.41) is 0.879. The fraction of sp³-hybridized carbons (Fsp3) is 0.214. The van der Waals surface area contributed by atoms with Crippen LogP contribution in [0.4, 0.5) is 0 Å². The first-order chi connectivity index (χ1) is 8.66. The van der Waals surface area contributed by atoms with Crippen LogP contribution in [0.1, 0.15) is 28.5 Å². The van der Waals surface area contributed by atoms with Crippen LogP contribution in [0.15, 0.2) is 41.0 Å². The predicted molar refractivity (Wildman–Crippen MR) is 70.3 cm³/mol. The minimum atomic E-state index is 0.00777. The van der Waals surface area contributed by atoms with E-state index in [1.54, 1.807) is 24.5 Å². The molecule has 1 aliphatic carbocycles. The molecule has 4 heteroatoms. The fourth-order valence-corrected chi connectivity index (χ4v) is 2.46. The highest BCUT2D eigenvalue weighted by molar-refractivity contribution is 6.42. The van der Waals surface area contributed by atoms with Crippen molar-refractivity contribution in [2.75, 3.05) is 0 Å². The third kappa shape index (κ3) is 2.06. The molecule has 2 nitrogen and oxygen atoms in total. The van der Waals surface area contributed by atoms with Crippen molar-refractivity contribution >= 4 is 29.0 Å². The number of furan rings is 1. The first-order valence-electron chi connectivity index (χ1n) is 5.69. The number of rotatable bonds is 3. The third-order valence-corrected chi connectivity index (χ3v) is 3.98. The quantitative estimate of drug-likeness (QED) is 0.771. The van der Waals surface area contributed by atoms with E-state index < -0.39 is 0 Å². The van der Waals surface area contributed by atoms with Gasteiger partial charge in [-0.25, -0.2) is 0 Å². The van der Waals surface area contributed by atoms with E-state index in [0.29, 0.717) is 15.6 Å². The van der Waals surface area contributed by atoms with Gasteiger partial charge in [-0.05, 0) is 36.8 Å². The van der Waals surface area contributed by atoms with E-state index in [1.165, 1.54) is 0 Å². The number of carbonyl (C=O) groups excluding carboxylic acids is 1. The molecule has 0 aliphatic heterocycles. The van der Waals surface area contributed by atoms with E-state index in [4.69, 9.17) is 27.6 Å². The molecule has 1 aromatic carbocycles. The maximum atomic E-state index is 12.2. The number of hydrogen-bond donors (Lipinski definition) is 0. The average Bonchev–Trinajstić information content (AvgIpc) is 2.98. The van der Waals surface area contributed by atoms with Gasteiger partial charge in [0.15, 0.2) is 5.78 Å². The molecule has 2 unspecified atom stereocenters. The van der Waals surface area contributed by atoms with Crippen LogP contribution in [0, 0.1) is 5.92 Å². The highest BCUT2D eigenvalue weighted by atomic mass is 35.5. The van der Waals surface area contributed by atoms with Gasteiger partial charge in [0.2, 0.25) is 0 Å². The molecule has 0 bridgehead atoms. The van der Waals surface area contributed by atoms with E-state index in [2.05, 4.69) is 0 Å². The normalized spacial score (nSPS) is 21.9. The first-order valence-corrected chi connectivity index (χ1v) is 6.45. The standard InChI is InChI=1S/C14H10Cl2O2/c15-11-4-3-8(6-12(11)16)14(17)10-7-9(10)13-2-1-5-18-13/h1-6,9-10H,7H2. The van der Waals surface area contributed by atoms with Crippen LogP contribution in [-0.4, -0.2) is 5.78 Å². The highest BCUT2D eigenvalue weighted by Crippen LogP contribution is 2.49. The smallest absolute Gasteiger partial charge is 0.166 e. The van der Waals surface area contributed by atoms with Crippen molar-refractivity contribution in [2.45, 2.75) is 12.3 Å². The lowest BCUT2D eigenvalue weighted by Gasteiger charge is -2.01. The topological polar surface area (TPSA) is 30.2 Å². The molecular weight excluding hydrogens is 271 g/mol. The molecule has 0 spiro atoms. The summed E-state index contributed by atoms with van der Waals surface area (Å²) in [6.45, 7) is 0. The van der Waals surface area contributed by atoms with Crippen LogP contribution in [0.25, 0.3) is 0 Å². The molecule has 1 aliphatic rings. The maximum absolute atomic E-state index is 12.2. The zero-order chi connectivity index (χ0) is 12.7. The highest BCUT2D eigenvalue weighted by Gasteiger charge is 2.45. The van der Waals surface area contributed by atoms with Crippen LogP contribution in [0.2, 0.25) is 10.0 Å². The van der Waals surface area contributed by atoms with Gasteiger partial charge >= 0.3 is 0 Å². The van der Waals surface area contributed by atoms with Gasteiger partial charge < -0.3 is 4.42 Å². The molecule has 2 atom stereocenters. The molecule has 0 amide bonds. The molecule has 18 heavy (non-hydrogen) atoms. The molecule has 2 aromatic rings. The summed E-state index contributed by atoms with van der Waals surface area (Å²) in [5.41, 5.74) is 0.614. The van der Waals surface area contributed by atoms with Crippen LogP contribution >= 0.6 is 23.2 Å². The Labute approximate surface area is 115 Å². The van der Waals surface area contributed by atoms with Crippen LogP contribution in [0.5, 0.6) is 0 Å².